The Bertz CT molecular complexity index is 331. The molecule has 2 fully saturated rings. The third-order valence-corrected chi connectivity index (χ3v) is 4.30. The molecule has 0 saturated heterocycles. The molecule has 0 spiro atoms. The molecule has 0 atom stereocenters. The number of nitrogens with one attached hydrogen (secondary N) is 1. The fourth-order valence-electron chi connectivity index (χ4n) is 2.73. The first-order valence-corrected chi connectivity index (χ1v) is 6.29. The van der Waals surface area contributed by atoms with Crippen LogP contribution in [0.25, 0.3) is 0 Å². The van der Waals surface area contributed by atoms with Crippen LogP contribution in [-0.4, -0.2) is 29.1 Å². The molecule has 2 aliphatic carbocycles. The van der Waals surface area contributed by atoms with Gasteiger partial charge < -0.3 is 16.2 Å². The third-order valence-electron chi connectivity index (χ3n) is 4.30. The Morgan fingerprint density at radius 1 is 1.12 bits per heavy atom. The number of hydrogen-bond donors (Lipinski definition) is 3. The molecule has 0 unspecified atom stereocenters. The van der Waals surface area contributed by atoms with Gasteiger partial charge in [-0.25, -0.2) is 0 Å². The van der Waals surface area contributed by atoms with Crippen LogP contribution < -0.4 is 11.1 Å². The van der Waals surface area contributed by atoms with Gasteiger partial charge in [0.25, 0.3) is 0 Å². The Balaban J connectivity index is 1.89. The van der Waals surface area contributed by atoms with Crippen molar-refractivity contribution < 1.29 is 14.7 Å². The van der Waals surface area contributed by atoms with Gasteiger partial charge in [-0.3, -0.25) is 9.59 Å². The largest absolute Gasteiger partial charge is 0.481 e. The summed E-state index contributed by atoms with van der Waals surface area (Å²) in [6.45, 7) is 0.222. The molecule has 1 amide bonds. The van der Waals surface area contributed by atoms with Gasteiger partial charge in [0.15, 0.2) is 0 Å². The maximum atomic E-state index is 11.9. The zero-order chi connectivity index (χ0) is 12.5. The van der Waals surface area contributed by atoms with Crippen molar-refractivity contribution in [3.63, 3.8) is 0 Å². The zero-order valence-electron chi connectivity index (χ0n) is 10.00. The molecular formula is C12H20N2O3. The van der Waals surface area contributed by atoms with Crippen molar-refractivity contribution in [1.29, 1.82) is 0 Å². The van der Waals surface area contributed by atoms with E-state index in [0.717, 1.165) is 19.3 Å². The number of carboxylic acid groups (broad SMARTS) is 1. The quantitative estimate of drug-likeness (QED) is 0.672. The van der Waals surface area contributed by atoms with E-state index in [2.05, 4.69) is 5.32 Å². The highest BCUT2D eigenvalue weighted by Crippen LogP contribution is 2.40. The van der Waals surface area contributed by atoms with Crippen LogP contribution in [0.5, 0.6) is 0 Å². The number of carbonyl (C=O) groups is 2. The lowest BCUT2D eigenvalue weighted by Crippen LogP contribution is -2.56. The topological polar surface area (TPSA) is 92.4 Å². The molecule has 0 radical (unpaired) electrons. The van der Waals surface area contributed by atoms with Gasteiger partial charge in [-0.15, -0.1) is 0 Å². The summed E-state index contributed by atoms with van der Waals surface area (Å²) in [7, 11) is 0. The van der Waals surface area contributed by atoms with Crippen molar-refractivity contribution >= 4 is 11.9 Å². The predicted octanol–water partition coefficient (Wildman–Crippen LogP) is 0.629. The summed E-state index contributed by atoms with van der Waals surface area (Å²) in [6, 6.07) is 0. The lowest BCUT2D eigenvalue weighted by Gasteiger charge is -2.38. The van der Waals surface area contributed by atoms with E-state index < -0.39 is 16.9 Å². The van der Waals surface area contributed by atoms with Crippen molar-refractivity contribution in [3.05, 3.63) is 0 Å². The second kappa shape index (κ2) is 4.29. The number of nitrogens with two attached hydrogens (primary N) is 1. The minimum Gasteiger partial charge on any atom is -0.481 e. The average molecular weight is 240 g/mol. The van der Waals surface area contributed by atoms with Crippen LogP contribution in [-0.2, 0) is 9.59 Å². The van der Waals surface area contributed by atoms with E-state index >= 15 is 0 Å². The summed E-state index contributed by atoms with van der Waals surface area (Å²) < 4.78 is 0. The average Bonchev–Trinajstić information content (AvgIpc) is 2.64. The molecule has 2 rings (SSSR count). The molecule has 5 heteroatoms. The van der Waals surface area contributed by atoms with Gasteiger partial charge in [0, 0.05) is 6.54 Å². The summed E-state index contributed by atoms with van der Waals surface area (Å²) in [6.07, 6.45) is 5.61. The van der Waals surface area contributed by atoms with Crippen LogP contribution in [0.1, 0.15) is 44.9 Å². The molecule has 0 bridgehead atoms. The van der Waals surface area contributed by atoms with Gasteiger partial charge in [-0.2, -0.15) is 0 Å². The van der Waals surface area contributed by atoms with Gasteiger partial charge >= 0.3 is 5.97 Å². The normalized spacial score (nSPS) is 25.0. The third kappa shape index (κ3) is 2.16. The minimum atomic E-state index is -0.804. The van der Waals surface area contributed by atoms with Crippen LogP contribution in [0.15, 0.2) is 0 Å². The first-order valence-electron chi connectivity index (χ1n) is 6.29. The summed E-state index contributed by atoms with van der Waals surface area (Å²) in [5, 5.41) is 11.9. The maximum Gasteiger partial charge on any atom is 0.311 e. The van der Waals surface area contributed by atoms with Gasteiger partial charge in [0.05, 0.1) is 11.0 Å². The van der Waals surface area contributed by atoms with E-state index in [1.165, 1.54) is 0 Å². The smallest absolute Gasteiger partial charge is 0.311 e. The molecule has 96 valence electrons. The number of hydrogen-bond acceptors (Lipinski definition) is 3. The van der Waals surface area contributed by atoms with Crippen LogP contribution >= 0.6 is 0 Å². The number of rotatable bonds is 4. The second-order valence-electron chi connectivity index (χ2n) is 5.48. The number of aliphatic carboxylic acids is 1. The van der Waals surface area contributed by atoms with Gasteiger partial charge in [-0.1, -0.05) is 19.3 Å². The lowest BCUT2D eigenvalue weighted by molar-refractivity contribution is -0.154. The molecule has 2 aliphatic rings. The van der Waals surface area contributed by atoms with Crippen LogP contribution in [0, 0.1) is 5.41 Å². The molecule has 4 N–H and O–H groups in total. The monoisotopic (exact) mass is 240 g/mol. The highest BCUT2D eigenvalue weighted by atomic mass is 16.4. The van der Waals surface area contributed by atoms with Crippen molar-refractivity contribution in [2.24, 2.45) is 11.1 Å². The fourth-order valence-corrected chi connectivity index (χ4v) is 2.73. The maximum absolute atomic E-state index is 11.9. The van der Waals surface area contributed by atoms with Crippen LogP contribution in [0.3, 0.4) is 0 Å². The first kappa shape index (κ1) is 12.4. The zero-order valence-corrected chi connectivity index (χ0v) is 10.00. The van der Waals surface area contributed by atoms with E-state index in [1.807, 2.05) is 0 Å². The summed E-state index contributed by atoms with van der Waals surface area (Å²) in [5.74, 6) is -0.982. The lowest BCUT2D eigenvalue weighted by atomic mass is 9.68. The van der Waals surface area contributed by atoms with Crippen molar-refractivity contribution in [2.45, 2.75) is 50.5 Å². The van der Waals surface area contributed by atoms with Gasteiger partial charge in [0.1, 0.15) is 0 Å². The second-order valence-corrected chi connectivity index (χ2v) is 5.48. The van der Waals surface area contributed by atoms with Crippen molar-refractivity contribution in [2.75, 3.05) is 6.54 Å². The minimum absolute atomic E-state index is 0.178. The Kier molecular flexibility index (Phi) is 3.12. The standard InChI is InChI=1S/C12H20N2O3/c13-12(6-1-2-7-12)9(15)14-8-11(10(16)17)4-3-5-11/h1-8,13H2,(H,14,15)(H,16,17). The SMILES string of the molecule is NC1(C(=O)NCC2(C(=O)O)CCC2)CCCC1. The Hall–Kier alpha value is -1.10. The summed E-state index contributed by atoms with van der Waals surface area (Å²) in [4.78, 5) is 23.1. The summed E-state index contributed by atoms with van der Waals surface area (Å²) >= 11 is 0. The molecule has 5 nitrogen and oxygen atoms in total. The van der Waals surface area contributed by atoms with Crippen molar-refractivity contribution in [1.82, 2.24) is 5.32 Å². The molecule has 0 aromatic heterocycles. The molecular weight excluding hydrogens is 220 g/mol. The van der Waals surface area contributed by atoms with E-state index in [9.17, 15) is 9.59 Å². The van der Waals surface area contributed by atoms with E-state index in [0.29, 0.717) is 25.7 Å². The van der Waals surface area contributed by atoms with E-state index in [-0.39, 0.29) is 12.5 Å². The predicted molar refractivity (Wildman–Crippen MR) is 62.3 cm³/mol. The van der Waals surface area contributed by atoms with Gasteiger partial charge in [0.2, 0.25) is 5.91 Å². The molecule has 0 aromatic carbocycles. The molecule has 0 aliphatic heterocycles. The Morgan fingerprint density at radius 3 is 2.12 bits per heavy atom. The van der Waals surface area contributed by atoms with E-state index in [1.54, 1.807) is 0 Å². The number of amides is 1. The van der Waals surface area contributed by atoms with E-state index in [4.69, 9.17) is 10.8 Å². The first-order chi connectivity index (χ1) is 7.99. The fraction of sp³-hybridized carbons (Fsp3) is 0.833. The Labute approximate surface area is 101 Å². The molecule has 0 aromatic rings. The Morgan fingerprint density at radius 2 is 1.71 bits per heavy atom. The number of carbonyl (C=O) groups excluding carboxylic acids is 1. The van der Waals surface area contributed by atoms with Gasteiger partial charge in [-0.05, 0) is 25.7 Å². The molecule has 0 heterocycles. The van der Waals surface area contributed by atoms with Crippen molar-refractivity contribution in [3.8, 4) is 0 Å². The number of carboxylic acids is 1. The molecule has 2 saturated carbocycles. The van der Waals surface area contributed by atoms with Crippen LogP contribution in [0.2, 0.25) is 0 Å². The molecule has 17 heavy (non-hydrogen) atoms. The highest BCUT2D eigenvalue weighted by Gasteiger charge is 2.46. The van der Waals surface area contributed by atoms with Crippen LogP contribution in [0.4, 0.5) is 0 Å². The summed E-state index contributed by atoms with van der Waals surface area (Å²) in [5.41, 5.74) is 4.52. The highest BCUT2D eigenvalue weighted by molar-refractivity contribution is 5.87.